The SMILES string of the molecule is COCc1noc([C@@H]2CN(C3CCC3)C[C@H]2CO)n1. The number of nitrogens with zero attached hydrogens (tertiary/aromatic N) is 3. The predicted octanol–water partition coefficient (Wildman–Crippen LogP) is 0.776. The molecule has 0 spiro atoms. The lowest BCUT2D eigenvalue weighted by Crippen LogP contribution is -2.38. The van der Waals surface area contributed by atoms with Gasteiger partial charge in [0.25, 0.3) is 0 Å². The minimum atomic E-state index is 0.156. The zero-order valence-corrected chi connectivity index (χ0v) is 11.3. The quantitative estimate of drug-likeness (QED) is 0.850. The van der Waals surface area contributed by atoms with Gasteiger partial charge in [-0.2, -0.15) is 4.98 Å². The van der Waals surface area contributed by atoms with Crippen molar-refractivity contribution in [3.8, 4) is 0 Å². The summed E-state index contributed by atoms with van der Waals surface area (Å²) in [4.78, 5) is 6.84. The van der Waals surface area contributed by atoms with Crippen LogP contribution in [0.2, 0.25) is 0 Å². The molecule has 19 heavy (non-hydrogen) atoms. The highest BCUT2D eigenvalue weighted by molar-refractivity contribution is 5.04. The van der Waals surface area contributed by atoms with Crippen LogP contribution >= 0.6 is 0 Å². The molecule has 2 heterocycles. The third-order valence-electron chi connectivity index (χ3n) is 4.37. The lowest BCUT2D eigenvalue weighted by molar-refractivity contribution is 0.143. The number of aromatic nitrogens is 2. The molecule has 1 aromatic rings. The highest BCUT2D eigenvalue weighted by Crippen LogP contribution is 2.36. The molecule has 0 radical (unpaired) electrons. The van der Waals surface area contributed by atoms with E-state index in [-0.39, 0.29) is 18.4 Å². The molecule has 106 valence electrons. The summed E-state index contributed by atoms with van der Waals surface area (Å²) in [7, 11) is 1.61. The van der Waals surface area contributed by atoms with Crippen molar-refractivity contribution in [1.82, 2.24) is 15.0 Å². The van der Waals surface area contributed by atoms with E-state index in [1.807, 2.05) is 0 Å². The van der Waals surface area contributed by atoms with E-state index >= 15 is 0 Å². The highest BCUT2D eigenvalue weighted by Gasteiger charge is 2.40. The van der Waals surface area contributed by atoms with E-state index in [1.54, 1.807) is 7.11 Å². The third kappa shape index (κ3) is 2.52. The van der Waals surface area contributed by atoms with E-state index in [0.29, 0.717) is 24.4 Å². The first-order valence-corrected chi connectivity index (χ1v) is 6.98. The van der Waals surface area contributed by atoms with Gasteiger partial charge in [0, 0.05) is 38.8 Å². The van der Waals surface area contributed by atoms with Crippen LogP contribution in [0, 0.1) is 5.92 Å². The van der Waals surface area contributed by atoms with E-state index < -0.39 is 0 Å². The normalized spacial score (nSPS) is 28.7. The second kappa shape index (κ2) is 5.56. The largest absolute Gasteiger partial charge is 0.396 e. The van der Waals surface area contributed by atoms with Crippen molar-refractivity contribution < 1.29 is 14.4 Å². The van der Waals surface area contributed by atoms with Crippen molar-refractivity contribution >= 4 is 0 Å². The van der Waals surface area contributed by atoms with Crippen LogP contribution in [0.3, 0.4) is 0 Å². The van der Waals surface area contributed by atoms with Gasteiger partial charge < -0.3 is 14.4 Å². The van der Waals surface area contributed by atoms with E-state index in [9.17, 15) is 5.11 Å². The predicted molar refractivity (Wildman–Crippen MR) is 67.5 cm³/mol. The first-order valence-electron chi connectivity index (χ1n) is 6.98. The fourth-order valence-corrected chi connectivity index (χ4v) is 3.03. The standard InChI is InChI=1S/C13H21N3O3/c1-18-8-12-14-13(19-15-12)11-6-16(5-9(11)7-17)10-3-2-4-10/h9-11,17H,2-8H2,1H3/t9-,11+/m0/s1. The molecule has 0 bridgehead atoms. The first-order chi connectivity index (χ1) is 9.31. The summed E-state index contributed by atoms with van der Waals surface area (Å²) in [5.74, 6) is 1.59. The molecule has 0 unspecified atom stereocenters. The third-order valence-corrected chi connectivity index (χ3v) is 4.37. The van der Waals surface area contributed by atoms with Crippen LogP contribution in [-0.4, -0.2) is 53.0 Å². The zero-order chi connectivity index (χ0) is 13.2. The molecule has 1 saturated carbocycles. The van der Waals surface area contributed by atoms with E-state index in [4.69, 9.17) is 9.26 Å². The maximum atomic E-state index is 9.56. The Morgan fingerprint density at radius 2 is 2.26 bits per heavy atom. The first kappa shape index (κ1) is 13.0. The minimum Gasteiger partial charge on any atom is -0.396 e. The smallest absolute Gasteiger partial charge is 0.231 e. The Morgan fingerprint density at radius 3 is 2.89 bits per heavy atom. The fourth-order valence-electron chi connectivity index (χ4n) is 3.03. The maximum absolute atomic E-state index is 9.56. The number of methoxy groups -OCH3 is 1. The molecule has 1 saturated heterocycles. The second-order valence-corrected chi connectivity index (χ2v) is 5.57. The minimum absolute atomic E-state index is 0.156. The number of aliphatic hydroxyl groups is 1. The average molecular weight is 267 g/mol. The summed E-state index contributed by atoms with van der Waals surface area (Å²) in [5, 5.41) is 13.5. The number of ether oxygens (including phenoxy) is 1. The molecule has 6 heteroatoms. The molecule has 6 nitrogen and oxygen atoms in total. The molecule has 2 aliphatic rings. The van der Waals surface area contributed by atoms with Gasteiger partial charge in [-0.1, -0.05) is 11.6 Å². The van der Waals surface area contributed by atoms with Crippen molar-refractivity contribution in [1.29, 1.82) is 0 Å². The van der Waals surface area contributed by atoms with Gasteiger partial charge in [0.2, 0.25) is 5.89 Å². The molecule has 0 aromatic carbocycles. The number of hydrogen-bond donors (Lipinski definition) is 1. The maximum Gasteiger partial charge on any atom is 0.231 e. The Bertz CT molecular complexity index is 419. The lowest BCUT2D eigenvalue weighted by Gasteiger charge is -2.34. The Labute approximate surface area is 112 Å². The lowest BCUT2D eigenvalue weighted by atomic mass is 9.92. The number of rotatable bonds is 5. The van der Waals surface area contributed by atoms with Crippen LogP contribution < -0.4 is 0 Å². The molecule has 2 fully saturated rings. The Balaban J connectivity index is 1.70. The molecule has 3 rings (SSSR count). The fraction of sp³-hybridized carbons (Fsp3) is 0.846. The molecular formula is C13H21N3O3. The van der Waals surface area contributed by atoms with Crippen LogP contribution in [-0.2, 0) is 11.3 Å². The van der Waals surface area contributed by atoms with Crippen LogP contribution in [0.15, 0.2) is 4.52 Å². The Kier molecular flexibility index (Phi) is 3.81. The van der Waals surface area contributed by atoms with E-state index in [1.165, 1.54) is 19.3 Å². The average Bonchev–Trinajstić information content (AvgIpc) is 2.93. The van der Waals surface area contributed by atoms with E-state index in [0.717, 1.165) is 13.1 Å². The number of hydrogen-bond acceptors (Lipinski definition) is 6. The van der Waals surface area contributed by atoms with E-state index in [2.05, 4.69) is 15.0 Å². The van der Waals surface area contributed by atoms with Crippen molar-refractivity contribution in [2.75, 3.05) is 26.8 Å². The van der Waals surface area contributed by atoms with Crippen LogP contribution in [0.5, 0.6) is 0 Å². The van der Waals surface area contributed by atoms with Crippen molar-refractivity contribution in [2.45, 2.75) is 37.8 Å². The van der Waals surface area contributed by atoms with Gasteiger partial charge in [0.1, 0.15) is 6.61 Å². The second-order valence-electron chi connectivity index (χ2n) is 5.57. The van der Waals surface area contributed by atoms with Crippen molar-refractivity contribution in [3.05, 3.63) is 11.7 Å². The summed E-state index contributed by atoms with van der Waals surface area (Å²) in [6, 6.07) is 0.695. The van der Waals surface area contributed by atoms with Crippen molar-refractivity contribution in [3.63, 3.8) is 0 Å². The topological polar surface area (TPSA) is 71.6 Å². The molecule has 0 amide bonds. The molecule has 1 aliphatic heterocycles. The van der Waals surface area contributed by atoms with Gasteiger partial charge in [-0.05, 0) is 12.8 Å². The number of likely N-dealkylation sites (tertiary alicyclic amines) is 1. The summed E-state index contributed by atoms with van der Waals surface area (Å²) in [6.45, 7) is 2.40. The zero-order valence-electron chi connectivity index (χ0n) is 11.3. The monoisotopic (exact) mass is 267 g/mol. The van der Waals surface area contributed by atoms with Gasteiger partial charge in [-0.3, -0.25) is 4.90 Å². The van der Waals surface area contributed by atoms with Gasteiger partial charge in [0.05, 0.1) is 5.92 Å². The summed E-state index contributed by atoms with van der Waals surface area (Å²) >= 11 is 0. The molecule has 1 aromatic heterocycles. The Morgan fingerprint density at radius 1 is 1.42 bits per heavy atom. The van der Waals surface area contributed by atoms with Gasteiger partial charge in [0.15, 0.2) is 5.82 Å². The molecule has 1 aliphatic carbocycles. The molecule has 2 atom stereocenters. The molecule has 1 N–H and O–H groups in total. The van der Waals surface area contributed by atoms with Crippen LogP contribution in [0.4, 0.5) is 0 Å². The highest BCUT2D eigenvalue weighted by atomic mass is 16.5. The summed E-state index contributed by atoms with van der Waals surface area (Å²) in [5.41, 5.74) is 0. The molecular weight excluding hydrogens is 246 g/mol. The summed E-state index contributed by atoms with van der Waals surface area (Å²) < 4.78 is 10.3. The van der Waals surface area contributed by atoms with Crippen molar-refractivity contribution in [2.24, 2.45) is 5.92 Å². The van der Waals surface area contributed by atoms with Crippen LogP contribution in [0.1, 0.15) is 36.9 Å². The Hall–Kier alpha value is -0.980. The summed E-state index contributed by atoms with van der Waals surface area (Å²) in [6.07, 6.45) is 3.89. The van der Waals surface area contributed by atoms with Gasteiger partial charge in [-0.15, -0.1) is 0 Å². The van der Waals surface area contributed by atoms with Crippen LogP contribution in [0.25, 0.3) is 0 Å². The van der Waals surface area contributed by atoms with Gasteiger partial charge >= 0.3 is 0 Å². The number of aliphatic hydroxyl groups excluding tert-OH is 1. The van der Waals surface area contributed by atoms with Gasteiger partial charge in [-0.25, -0.2) is 0 Å².